The van der Waals surface area contributed by atoms with Crippen molar-refractivity contribution in [3.8, 4) is 5.75 Å². The average molecular weight is 411 g/mol. The van der Waals surface area contributed by atoms with Gasteiger partial charge in [-0.3, -0.25) is 9.59 Å². The molecule has 0 aliphatic rings. The van der Waals surface area contributed by atoms with E-state index in [4.69, 9.17) is 9.47 Å². The molecule has 0 spiro atoms. The Bertz CT molecular complexity index is 875. The van der Waals surface area contributed by atoms with Crippen LogP contribution in [0.5, 0.6) is 5.75 Å². The zero-order chi connectivity index (χ0) is 22.1. The van der Waals surface area contributed by atoms with Crippen LogP contribution in [0.25, 0.3) is 0 Å². The number of rotatable bonds is 10. The maximum Gasteiger partial charge on any atom is 0.344 e. The van der Waals surface area contributed by atoms with E-state index in [0.717, 1.165) is 17.7 Å². The Kier molecular flexibility index (Phi) is 8.59. The molecule has 0 aliphatic heterocycles. The third-order valence-electron chi connectivity index (χ3n) is 4.89. The third kappa shape index (κ3) is 6.44. The number of nitrogens with one attached hydrogen (secondary N) is 1. The van der Waals surface area contributed by atoms with Crippen molar-refractivity contribution in [3.05, 3.63) is 59.7 Å². The van der Waals surface area contributed by atoms with Gasteiger partial charge in [0.1, 0.15) is 5.75 Å². The minimum atomic E-state index is -0.962. The highest BCUT2D eigenvalue weighted by Gasteiger charge is 2.20. The standard InChI is InChI=1S/C24H29NO5/c1-5-16(3)20-9-7-8-10-21(20)25-24(28)17(4)30-23(27)15-29-19-13-11-18(12-14-19)22(26)6-2/h7-14,16-17H,5-6,15H2,1-4H3,(H,25,28). The molecular weight excluding hydrogens is 382 g/mol. The highest BCUT2D eigenvalue weighted by atomic mass is 16.6. The Morgan fingerprint density at radius 2 is 1.63 bits per heavy atom. The lowest BCUT2D eigenvalue weighted by molar-refractivity contribution is -0.155. The number of benzene rings is 2. The van der Waals surface area contributed by atoms with E-state index in [-0.39, 0.29) is 12.4 Å². The van der Waals surface area contributed by atoms with E-state index in [1.807, 2.05) is 24.3 Å². The number of esters is 1. The molecule has 6 heteroatoms. The molecule has 0 fully saturated rings. The van der Waals surface area contributed by atoms with Gasteiger partial charge in [-0.1, -0.05) is 39.0 Å². The largest absolute Gasteiger partial charge is 0.482 e. The maximum atomic E-state index is 12.5. The molecule has 2 rings (SSSR count). The van der Waals surface area contributed by atoms with Crippen LogP contribution in [0, 0.1) is 0 Å². The van der Waals surface area contributed by atoms with Crippen molar-refractivity contribution >= 4 is 23.3 Å². The monoisotopic (exact) mass is 411 g/mol. The Morgan fingerprint density at radius 1 is 0.967 bits per heavy atom. The topological polar surface area (TPSA) is 81.7 Å². The fourth-order valence-electron chi connectivity index (χ4n) is 2.86. The van der Waals surface area contributed by atoms with Gasteiger partial charge in [0.25, 0.3) is 5.91 Å². The summed E-state index contributed by atoms with van der Waals surface area (Å²) in [5.74, 6) is -0.273. The molecule has 0 aromatic heterocycles. The Hall–Kier alpha value is -3.15. The van der Waals surface area contributed by atoms with E-state index in [1.165, 1.54) is 6.92 Å². The number of carbonyl (C=O) groups excluding carboxylic acids is 3. The lowest BCUT2D eigenvalue weighted by Crippen LogP contribution is -2.32. The number of amides is 1. The van der Waals surface area contributed by atoms with Gasteiger partial charge in [-0.2, -0.15) is 0 Å². The van der Waals surface area contributed by atoms with E-state index in [0.29, 0.717) is 23.7 Å². The summed E-state index contributed by atoms with van der Waals surface area (Å²) in [5, 5.41) is 2.84. The fraction of sp³-hybridized carbons (Fsp3) is 0.375. The molecule has 0 radical (unpaired) electrons. The van der Waals surface area contributed by atoms with Crippen molar-refractivity contribution in [2.24, 2.45) is 0 Å². The maximum absolute atomic E-state index is 12.5. The van der Waals surface area contributed by atoms with Gasteiger partial charge in [-0.25, -0.2) is 4.79 Å². The van der Waals surface area contributed by atoms with Crippen LogP contribution in [0.3, 0.4) is 0 Å². The molecule has 0 saturated heterocycles. The van der Waals surface area contributed by atoms with Crippen molar-refractivity contribution in [2.45, 2.75) is 52.6 Å². The van der Waals surface area contributed by atoms with Gasteiger partial charge in [-0.15, -0.1) is 0 Å². The van der Waals surface area contributed by atoms with Gasteiger partial charge in [-0.05, 0) is 55.2 Å². The third-order valence-corrected chi connectivity index (χ3v) is 4.89. The molecule has 2 unspecified atom stereocenters. The second-order valence-electron chi connectivity index (χ2n) is 7.11. The second-order valence-corrected chi connectivity index (χ2v) is 7.11. The van der Waals surface area contributed by atoms with Crippen LogP contribution in [-0.2, 0) is 14.3 Å². The molecule has 2 aromatic rings. The van der Waals surface area contributed by atoms with Crippen LogP contribution in [0.1, 0.15) is 62.4 Å². The van der Waals surface area contributed by atoms with Crippen LogP contribution in [-0.4, -0.2) is 30.4 Å². The Labute approximate surface area is 177 Å². The summed E-state index contributed by atoms with van der Waals surface area (Å²) in [7, 11) is 0. The molecule has 0 heterocycles. The molecule has 0 saturated carbocycles. The number of para-hydroxylation sites is 1. The number of ether oxygens (including phenoxy) is 2. The predicted molar refractivity (Wildman–Crippen MR) is 116 cm³/mol. The quantitative estimate of drug-likeness (QED) is 0.451. The summed E-state index contributed by atoms with van der Waals surface area (Å²) in [5.41, 5.74) is 2.35. The van der Waals surface area contributed by atoms with Gasteiger partial charge in [0.05, 0.1) is 0 Å². The van der Waals surface area contributed by atoms with Gasteiger partial charge < -0.3 is 14.8 Å². The molecule has 2 atom stereocenters. The van der Waals surface area contributed by atoms with E-state index < -0.39 is 18.0 Å². The van der Waals surface area contributed by atoms with Gasteiger partial charge in [0.2, 0.25) is 0 Å². The van der Waals surface area contributed by atoms with Crippen LogP contribution in [0.2, 0.25) is 0 Å². The zero-order valence-corrected chi connectivity index (χ0v) is 17.9. The predicted octanol–water partition coefficient (Wildman–Crippen LogP) is 4.74. The fourth-order valence-corrected chi connectivity index (χ4v) is 2.86. The molecule has 0 bridgehead atoms. The van der Waals surface area contributed by atoms with Crippen molar-refractivity contribution in [1.29, 1.82) is 0 Å². The van der Waals surface area contributed by atoms with Crippen molar-refractivity contribution < 1.29 is 23.9 Å². The van der Waals surface area contributed by atoms with E-state index in [1.54, 1.807) is 31.2 Å². The van der Waals surface area contributed by atoms with Crippen LogP contribution in [0.15, 0.2) is 48.5 Å². The first-order valence-electron chi connectivity index (χ1n) is 10.2. The molecule has 30 heavy (non-hydrogen) atoms. The molecule has 6 nitrogen and oxygen atoms in total. The summed E-state index contributed by atoms with van der Waals surface area (Å²) < 4.78 is 10.6. The van der Waals surface area contributed by atoms with Gasteiger partial charge >= 0.3 is 5.97 Å². The van der Waals surface area contributed by atoms with E-state index >= 15 is 0 Å². The van der Waals surface area contributed by atoms with Crippen molar-refractivity contribution in [2.75, 3.05) is 11.9 Å². The smallest absolute Gasteiger partial charge is 0.344 e. The van der Waals surface area contributed by atoms with Crippen LogP contribution in [0.4, 0.5) is 5.69 Å². The second kappa shape index (κ2) is 11.1. The minimum absolute atomic E-state index is 0.0377. The summed E-state index contributed by atoms with van der Waals surface area (Å²) in [4.78, 5) is 36.1. The summed E-state index contributed by atoms with van der Waals surface area (Å²) in [6, 6.07) is 14.1. The highest BCUT2D eigenvalue weighted by molar-refractivity contribution is 5.96. The first-order chi connectivity index (χ1) is 14.3. The summed E-state index contributed by atoms with van der Waals surface area (Å²) in [6.07, 6.45) is 0.409. The molecule has 1 amide bonds. The lowest BCUT2D eigenvalue weighted by Gasteiger charge is -2.18. The molecular formula is C24H29NO5. The zero-order valence-electron chi connectivity index (χ0n) is 17.9. The minimum Gasteiger partial charge on any atom is -0.482 e. The average Bonchev–Trinajstić information content (AvgIpc) is 2.77. The van der Waals surface area contributed by atoms with Gasteiger partial charge in [0, 0.05) is 17.7 Å². The van der Waals surface area contributed by atoms with E-state index in [2.05, 4.69) is 19.2 Å². The number of hydrogen-bond donors (Lipinski definition) is 1. The summed E-state index contributed by atoms with van der Waals surface area (Å²) >= 11 is 0. The van der Waals surface area contributed by atoms with Crippen molar-refractivity contribution in [3.63, 3.8) is 0 Å². The van der Waals surface area contributed by atoms with Gasteiger partial charge in [0.15, 0.2) is 18.5 Å². The van der Waals surface area contributed by atoms with Crippen molar-refractivity contribution in [1.82, 2.24) is 0 Å². The van der Waals surface area contributed by atoms with E-state index in [9.17, 15) is 14.4 Å². The molecule has 0 aliphatic carbocycles. The SMILES string of the molecule is CCC(=O)c1ccc(OCC(=O)OC(C)C(=O)Nc2ccccc2C(C)CC)cc1. The number of Topliss-reactive ketones (excluding diaryl/α,β-unsaturated/α-hetero) is 1. The van der Waals surface area contributed by atoms with Crippen LogP contribution < -0.4 is 10.1 Å². The normalized spacial score (nSPS) is 12.5. The Morgan fingerprint density at radius 3 is 2.27 bits per heavy atom. The Balaban J connectivity index is 1.87. The molecule has 2 aromatic carbocycles. The highest BCUT2D eigenvalue weighted by Crippen LogP contribution is 2.26. The number of carbonyl (C=O) groups is 3. The number of hydrogen-bond acceptors (Lipinski definition) is 5. The summed E-state index contributed by atoms with van der Waals surface area (Å²) in [6.45, 7) is 7.16. The number of anilines is 1. The molecule has 1 N–H and O–H groups in total. The lowest BCUT2D eigenvalue weighted by atomic mass is 9.97. The first-order valence-corrected chi connectivity index (χ1v) is 10.2. The number of ketones is 1. The molecule has 160 valence electrons. The first kappa shape index (κ1) is 23.1. The van der Waals surface area contributed by atoms with Crippen LogP contribution >= 0.6 is 0 Å².